The normalized spacial score (nSPS) is 17.5. The summed E-state index contributed by atoms with van der Waals surface area (Å²) in [4.78, 5) is 2.09. The molecule has 0 bridgehead atoms. The van der Waals surface area contributed by atoms with Gasteiger partial charge < -0.3 is 23.4 Å². The van der Waals surface area contributed by atoms with Gasteiger partial charge in [-0.3, -0.25) is 14.0 Å². The van der Waals surface area contributed by atoms with Gasteiger partial charge in [0, 0.05) is 32.7 Å². The highest BCUT2D eigenvalue weighted by Crippen LogP contribution is 2.70. The lowest BCUT2D eigenvalue weighted by atomic mass is 10.4. The molecule has 144 valence electrons. The molecule has 0 radical (unpaired) electrons. The molecule has 0 saturated carbocycles. The average molecular weight is 386 g/mol. The highest BCUT2D eigenvalue weighted by molar-refractivity contribution is 7.72. The van der Waals surface area contributed by atoms with Crippen LogP contribution < -0.4 is 5.32 Å². The molecule has 0 amide bonds. The smallest absolute Gasteiger partial charge is 0.314 e. The number of nitrogens with one attached hydrogen (secondary N) is 1. The summed E-state index contributed by atoms with van der Waals surface area (Å²) >= 11 is 0. The van der Waals surface area contributed by atoms with Crippen LogP contribution in [0.5, 0.6) is 0 Å². The number of piperazine rings is 1. The summed E-state index contributed by atoms with van der Waals surface area (Å²) in [5.74, 6) is 0. The third kappa shape index (κ3) is 6.19. The molecule has 1 rings (SSSR count). The maximum absolute atomic E-state index is 13.4. The molecule has 0 aromatic rings. The Morgan fingerprint density at radius 2 is 1.21 bits per heavy atom. The SMILES string of the molecule is CCOP(=O)(OCC)C(CN1CCNCC1)P(=O)(OCC)OCC. The van der Waals surface area contributed by atoms with Gasteiger partial charge in [-0.15, -0.1) is 0 Å². The molecule has 1 aliphatic rings. The fraction of sp³-hybridized carbons (Fsp3) is 1.00. The Morgan fingerprint density at radius 3 is 1.54 bits per heavy atom. The lowest BCUT2D eigenvalue weighted by molar-refractivity contribution is 0.177. The number of rotatable bonds is 12. The van der Waals surface area contributed by atoms with Gasteiger partial charge in [0.15, 0.2) is 5.40 Å². The summed E-state index contributed by atoms with van der Waals surface area (Å²) in [7, 11) is -7.30. The van der Waals surface area contributed by atoms with Gasteiger partial charge in [-0.2, -0.15) is 0 Å². The maximum Gasteiger partial charge on any atom is 0.347 e. The van der Waals surface area contributed by atoms with E-state index in [1.165, 1.54) is 0 Å². The Morgan fingerprint density at radius 1 is 0.833 bits per heavy atom. The van der Waals surface area contributed by atoms with Crippen molar-refractivity contribution < 1.29 is 27.2 Å². The highest BCUT2D eigenvalue weighted by atomic mass is 31.2. The van der Waals surface area contributed by atoms with Crippen molar-refractivity contribution in [3.8, 4) is 0 Å². The summed E-state index contributed by atoms with van der Waals surface area (Å²) in [6, 6.07) is 0. The molecule has 1 N–H and O–H groups in total. The molecular formula is C14H32N2O6P2. The third-order valence-electron chi connectivity index (χ3n) is 3.60. The molecule has 0 unspecified atom stereocenters. The van der Waals surface area contributed by atoms with E-state index in [1.807, 2.05) is 0 Å². The van der Waals surface area contributed by atoms with E-state index in [9.17, 15) is 9.13 Å². The van der Waals surface area contributed by atoms with E-state index in [2.05, 4.69) is 10.2 Å². The topological polar surface area (TPSA) is 86.3 Å². The summed E-state index contributed by atoms with van der Waals surface area (Å²) in [5, 5.41) is 2.31. The molecule has 1 aliphatic heterocycles. The first kappa shape index (κ1) is 22.3. The van der Waals surface area contributed by atoms with Gasteiger partial charge >= 0.3 is 15.2 Å². The summed E-state index contributed by atoms with van der Waals surface area (Å²) in [6.45, 7) is 11.2. The maximum atomic E-state index is 13.4. The molecule has 1 saturated heterocycles. The number of hydrogen-bond donors (Lipinski definition) is 1. The van der Waals surface area contributed by atoms with Crippen molar-refractivity contribution in [1.29, 1.82) is 0 Å². The van der Waals surface area contributed by atoms with Gasteiger partial charge in [0.1, 0.15) is 0 Å². The predicted octanol–water partition coefficient (Wildman–Crippen LogP) is 2.75. The van der Waals surface area contributed by atoms with Crippen molar-refractivity contribution in [3.05, 3.63) is 0 Å². The van der Waals surface area contributed by atoms with Crippen LogP contribution in [0.2, 0.25) is 0 Å². The van der Waals surface area contributed by atoms with Gasteiger partial charge in [-0.1, -0.05) is 0 Å². The minimum Gasteiger partial charge on any atom is -0.314 e. The van der Waals surface area contributed by atoms with Gasteiger partial charge in [-0.05, 0) is 27.7 Å². The first-order valence-electron chi connectivity index (χ1n) is 8.66. The molecule has 0 aliphatic carbocycles. The van der Waals surface area contributed by atoms with Crippen molar-refractivity contribution in [1.82, 2.24) is 10.2 Å². The van der Waals surface area contributed by atoms with Crippen LogP contribution in [-0.4, -0.2) is 69.5 Å². The zero-order chi connectivity index (χ0) is 18.1. The standard InChI is InChI=1S/C14H32N2O6P2/c1-5-19-23(17,20-6-2)14(13-16-11-9-15-10-12-16)24(18,21-7-3)22-8-4/h14-15H,5-13H2,1-4H3. The van der Waals surface area contributed by atoms with Crippen LogP contribution >= 0.6 is 15.2 Å². The molecule has 8 nitrogen and oxygen atoms in total. The summed E-state index contributed by atoms with van der Waals surface area (Å²) < 4.78 is 48.6. The minimum atomic E-state index is -3.65. The second kappa shape index (κ2) is 11.0. The molecule has 10 heteroatoms. The van der Waals surface area contributed by atoms with E-state index in [-0.39, 0.29) is 33.0 Å². The van der Waals surface area contributed by atoms with E-state index in [1.54, 1.807) is 27.7 Å². The van der Waals surface area contributed by atoms with Crippen LogP contribution in [-0.2, 0) is 27.2 Å². The van der Waals surface area contributed by atoms with Crippen LogP contribution in [0.1, 0.15) is 27.7 Å². The van der Waals surface area contributed by atoms with Crippen LogP contribution in [0.25, 0.3) is 0 Å². The van der Waals surface area contributed by atoms with E-state index < -0.39 is 20.6 Å². The number of nitrogens with zero attached hydrogens (tertiary/aromatic N) is 1. The largest absolute Gasteiger partial charge is 0.347 e. The highest BCUT2D eigenvalue weighted by Gasteiger charge is 2.51. The molecule has 0 spiro atoms. The van der Waals surface area contributed by atoms with E-state index in [0.717, 1.165) is 26.2 Å². The van der Waals surface area contributed by atoms with Crippen LogP contribution in [0, 0.1) is 0 Å². The predicted molar refractivity (Wildman–Crippen MR) is 94.8 cm³/mol. The van der Waals surface area contributed by atoms with E-state index >= 15 is 0 Å². The van der Waals surface area contributed by atoms with Crippen LogP contribution in [0.4, 0.5) is 0 Å². The minimum absolute atomic E-state index is 0.202. The average Bonchev–Trinajstić information content (AvgIpc) is 2.54. The molecule has 0 aromatic heterocycles. The zero-order valence-electron chi connectivity index (χ0n) is 15.2. The third-order valence-corrected chi connectivity index (χ3v) is 9.55. The Kier molecular flexibility index (Phi) is 10.2. The first-order valence-corrected chi connectivity index (χ1v) is 11.9. The van der Waals surface area contributed by atoms with Gasteiger partial charge in [0.05, 0.1) is 26.4 Å². The fourth-order valence-electron chi connectivity index (χ4n) is 2.64. The van der Waals surface area contributed by atoms with Crippen molar-refractivity contribution >= 4 is 15.2 Å². The summed E-state index contributed by atoms with van der Waals surface area (Å²) in [5.41, 5.74) is 0. The van der Waals surface area contributed by atoms with Crippen molar-refractivity contribution in [2.45, 2.75) is 33.1 Å². The molecule has 1 fully saturated rings. The Labute approximate surface area is 145 Å². The Hall–Kier alpha value is 0.220. The van der Waals surface area contributed by atoms with Crippen molar-refractivity contribution in [2.24, 2.45) is 0 Å². The molecule has 0 aromatic carbocycles. The van der Waals surface area contributed by atoms with E-state index in [4.69, 9.17) is 18.1 Å². The summed E-state index contributed by atoms with van der Waals surface area (Å²) in [6.07, 6.45) is 0. The molecular weight excluding hydrogens is 354 g/mol. The Balaban J connectivity index is 3.15. The quantitative estimate of drug-likeness (QED) is 0.513. The van der Waals surface area contributed by atoms with Gasteiger partial charge in [0.2, 0.25) is 0 Å². The van der Waals surface area contributed by atoms with Crippen LogP contribution in [0.3, 0.4) is 0 Å². The van der Waals surface area contributed by atoms with E-state index in [0.29, 0.717) is 0 Å². The number of hydrogen-bond acceptors (Lipinski definition) is 8. The lowest BCUT2D eigenvalue weighted by Gasteiger charge is -2.36. The molecule has 24 heavy (non-hydrogen) atoms. The first-order chi connectivity index (χ1) is 11.5. The second-order valence-electron chi connectivity index (χ2n) is 5.28. The molecule has 0 atom stereocenters. The van der Waals surface area contributed by atoms with Crippen molar-refractivity contribution in [3.63, 3.8) is 0 Å². The monoisotopic (exact) mass is 386 g/mol. The van der Waals surface area contributed by atoms with Gasteiger partial charge in [-0.25, -0.2) is 0 Å². The zero-order valence-corrected chi connectivity index (χ0v) is 17.0. The Bertz CT molecular complexity index is 395. The lowest BCUT2D eigenvalue weighted by Crippen LogP contribution is -2.46. The van der Waals surface area contributed by atoms with Crippen molar-refractivity contribution in [2.75, 3.05) is 59.2 Å². The van der Waals surface area contributed by atoms with Crippen LogP contribution in [0.15, 0.2) is 0 Å². The fourth-order valence-corrected chi connectivity index (χ4v) is 7.96. The molecule has 1 heterocycles. The second-order valence-corrected chi connectivity index (χ2v) is 10.1. The van der Waals surface area contributed by atoms with Gasteiger partial charge in [0.25, 0.3) is 0 Å².